The molecule has 0 rings (SSSR count). The van der Waals surface area contributed by atoms with Crippen LogP contribution in [0.25, 0.3) is 0 Å². The molecule has 154 valence electrons. The maximum Gasteiger partial charge on any atom is 0.293 e. The minimum atomic E-state index is 0.410. The van der Waals surface area contributed by atoms with Gasteiger partial charge in [0.05, 0.1) is 13.2 Å². The van der Waals surface area contributed by atoms with Gasteiger partial charge in [-0.3, -0.25) is 0 Å². The molecule has 0 bridgehead atoms. The van der Waals surface area contributed by atoms with Crippen LogP contribution in [-0.4, -0.2) is 27.0 Å². The first-order valence-electron chi connectivity index (χ1n) is 11.4. The van der Waals surface area contributed by atoms with Crippen molar-refractivity contribution < 1.29 is 9.31 Å². The van der Waals surface area contributed by atoms with Crippen molar-refractivity contribution in [2.24, 2.45) is 23.7 Å². The number of hydrogen-bond acceptors (Lipinski definition) is 2. The van der Waals surface area contributed by atoms with E-state index in [4.69, 9.17) is 9.31 Å². The van der Waals surface area contributed by atoms with Gasteiger partial charge in [0, 0.05) is 0 Å². The highest BCUT2D eigenvalue weighted by Gasteiger charge is 2.19. The minimum Gasteiger partial charge on any atom is -0.434 e. The highest BCUT2D eigenvalue weighted by atomic mass is 16.5. The molecular formula is C22H48B2O2. The van der Waals surface area contributed by atoms with E-state index < -0.39 is 0 Å². The van der Waals surface area contributed by atoms with Gasteiger partial charge < -0.3 is 9.31 Å². The summed E-state index contributed by atoms with van der Waals surface area (Å²) in [5, 5.41) is 0. The fourth-order valence-electron chi connectivity index (χ4n) is 3.13. The fourth-order valence-corrected chi connectivity index (χ4v) is 3.13. The Bertz CT molecular complexity index is 253. The molecule has 26 heavy (non-hydrogen) atoms. The van der Waals surface area contributed by atoms with Crippen LogP contribution in [0.5, 0.6) is 0 Å². The lowest BCUT2D eigenvalue weighted by atomic mass is 9.58. The first-order chi connectivity index (χ1) is 12.2. The van der Waals surface area contributed by atoms with Gasteiger partial charge in [0.1, 0.15) is 0 Å². The van der Waals surface area contributed by atoms with E-state index >= 15 is 0 Å². The van der Waals surface area contributed by atoms with Crippen LogP contribution in [0, 0.1) is 23.7 Å². The average molecular weight is 366 g/mol. The maximum atomic E-state index is 6.22. The zero-order chi connectivity index (χ0) is 19.9. The zero-order valence-corrected chi connectivity index (χ0v) is 19.4. The maximum absolute atomic E-state index is 6.22. The van der Waals surface area contributed by atoms with Gasteiger partial charge in [-0.15, -0.1) is 0 Å². The van der Waals surface area contributed by atoms with Crippen LogP contribution in [-0.2, 0) is 9.31 Å². The lowest BCUT2D eigenvalue weighted by Gasteiger charge is -2.19. The molecular weight excluding hydrogens is 318 g/mol. The second kappa shape index (κ2) is 16.0. The van der Waals surface area contributed by atoms with E-state index in [1.807, 2.05) is 0 Å². The summed E-state index contributed by atoms with van der Waals surface area (Å²) in [6.07, 6.45) is 9.79. The van der Waals surface area contributed by atoms with Gasteiger partial charge in [0.25, 0.3) is 13.8 Å². The molecule has 0 aliphatic rings. The van der Waals surface area contributed by atoms with Crippen molar-refractivity contribution in [3.63, 3.8) is 0 Å². The largest absolute Gasteiger partial charge is 0.434 e. The summed E-state index contributed by atoms with van der Waals surface area (Å²) in [5.41, 5.74) is 0. The highest BCUT2D eigenvalue weighted by molar-refractivity contribution is 6.52. The van der Waals surface area contributed by atoms with Crippen molar-refractivity contribution >= 4 is 13.8 Å². The summed E-state index contributed by atoms with van der Waals surface area (Å²) in [5.74, 6) is 3.03. The monoisotopic (exact) mass is 366 g/mol. The summed E-state index contributed by atoms with van der Waals surface area (Å²) < 4.78 is 12.4. The second-order valence-electron chi connectivity index (χ2n) is 9.87. The SMILES string of the molecule is CC(C)CCB(CCC(C)C)OCCOB(CCC(C)C)CCC(C)C. The average Bonchev–Trinajstić information content (AvgIpc) is 2.54. The molecule has 0 unspecified atom stereocenters. The summed E-state index contributed by atoms with van der Waals surface area (Å²) in [6.45, 7) is 20.7. The van der Waals surface area contributed by atoms with E-state index in [0.29, 0.717) is 13.8 Å². The smallest absolute Gasteiger partial charge is 0.293 e. The van der Waals surface area contributed by atoms with Gasteiger partial charge in [-0.1, -0.05) is 81.1 Å². The molecule has 0 aromatic carbocycles. The minimum absolute atomic E-state index is 0.410. The molecule has 0 aliphatic carbocycles. The van der Waals surface area contributed by atoms with E-state index in [0.717, 1.165) is 36.9 Å². The van der Waals surface area contributed by atoms with Crippen LogP contribution in [0.15, 0.2) is 0 Å². The topological polar surface area (TPSA) is 18.5 Å². The Balaban J connectivity index is 4.21. The van der Waals surface area contributed by atoms with Crippen LogP contribution < -0.4 is 0 Å². The predicted octanol–water partition coefficient (Wildman–Crippen LogP) is 7.19. The molecule has 0 amide bonds. The Morgan fingerprint density at radius 3 is 0.885 bits per heavy atom. The summed E-state index contributed by atoms with van der Waals surface area (Å²) >= 11 is 0. The van der Waals surface area contributed by atoms with Gasteiger partial charge in [0.15, 0.2) is 0 Å². The Kier molecular flexibility index (Phi) is 16.1. The number of hydrogen-bond donors (Lipinski definition) is 0. The summed E-state index contributed by atoms with van der Waals surface area (Å²) in [4.78, 5) is 0. The van der Waals surface area contributed by atoms with Crippen molar-refractivity contribution in [2.45, 2.75) is 106 Å². The molecule has 0 aliphatic heterocycles. The third-order valence-electron chi connectivity index (χ3n) is 5.05. The van der Waals surface area contributed by atoms with Crippen LogP contribution in [0.2, 0.25) is 25.3 Å². The number of rotatable bonds is 17. The Hall–Kier alpha value is 0.0499. The molecule has 0 aromatic rings. The van der Waals surface area contributed by atoms with Crippen molar-refractivity contribution in [3.8, 4) is 0 Å². The lowest BCUT2D eigenvalue weighted by molar-refractivity contribution is 0.212. The molecule has 0 N–H and O–H groups in total. The van der Waals surface area contributed by atoms with Gasteiger partial charge in [-0.2, -0.15) is 0 Å². The summed E-state index contributed by atoms with van der Waals surface area (Å²) in [6, 6.07) is 0. The van der Waals surface area contributed by atoms with Crippen LogP contribution in [0.3, 0.4) is 0 Å². The van der Waals surface area contributed by atoms with Gasteiger partial charge in [-0.05, 0) is 49.0 Å². The van der Waals surface area contributed by atoms with Crippen LogP contribution >= 0.6 is 0 Å². The van der Waals surface area contributed by atoms with Crippen LogP contribution in [0.4, 0.5) is 0 Å². The van der Waals surface area contributed by atoms with Gasteiger partial charge >= 0.3 is 0 Å². The Labute approximate surface area is 166 Å². The van der Waals surface area contributed by atoms with Gasteiger partial charge in [0.2, 0.25) is 0 Å². The first kappa shape index (κ1) is 26.0. The third kappa shape index (κ3) is 17.5. The van der Waals surface area contributed by atoms with Crippen molar-refractivity contribution in [1.82, 2.24) is 0 Å². The molecule has 0 spiro atoms. The van der Waals surface area contributed by atoms with Crippen molar-refractivity contribution in [3.05, 3.63) is 0 Å². The Morgan fingerprint density at radius 1 is 0.462 bits per heavy atom. The highest BCUT2D eigenvalue weighted by Crippen LogP contribution is 2.18. The molecule has 0 fully saturated rings. The van der Waals surface area contributed by atoms with E-state index in [9.17, 15) is 0 Å². The standard InChI is InChI=1S/C22H48B2O2/c1-19(2)9-13-23(14-10-20(3)4)25-17-18-26-24(15-11-21(5)6)16-12-22(7)8/h19-22H,9-18H2,1-8H3. The van der Waals surface area contributed by atoms with Gasteiger partial charge in [-0.25, -0.2) is 0 Å². The quantitative estimate of drug-likeness (QED) is 0.200. The fraction of sp³-hybridized carbons (Fsp3) is 1.00. The Morgan fingerprint density at radius 2 is 0.692 bits per heavy atom. The zero-order valence-electron chi connectivity index (χ0n) is 19.4. The first-order valence-corrected chi connectivity index (χ1v) is 11.4. The van der Waals surface area contributed by atoms with E-state index in [1.165, 1.54) is 51.0 Å². The molecule has 0 heterocycles. The molecule has 0 saturated heterocycles. The second-order valence-corrected chi connectivity index (χ2v) is 9.87. The summed E-state index contributed by atoms with van der Waals surface area (Å²) in [7, 11) is 0. The normalized spacial score (nSPS) is 12.0. The van der Waals surface area contributed by atoms with Crippen molar-refractivity contribution in [1.29, 1.82) is 0 Å². The lowest BCUT2D eigenvalue weighted by Crippen LogP contribution is -2.25. The van der Waals surface area contributed by atoms with E-state index in [1.54, 1.807) is 0 Å². The third-order valence-corrected chi connectivity index (χ3v) is 5.05. The molecule has 0 atom stereocenters. The predicted molar refractivity (Wildman–Crippen MR) is 120 cm³/mol. The molecule has 0 aromatic heterocycles. The molecule has 4 heteroatoms. The van der Waals surface area contributed by atoms with Crippen molar-refractivity contribution in [2.75, 3.05) is 13.2 Å². The molecule has 2 nitrogen and oxygen atoms in total. The molecule has 0 saturated carbocycles. The van der Waals surface area contributed by atoms with Crippen LogP contribution in [0.1, 0.15) is 81.1 Å². The van der Waals surface area contributed by atoms with E-state index in [-0.39, 0.29) is 0 Å². The molecule has 0 radical (unpaired) electrons. The van der Waals surface area contributed by atoms with E-state index in [2.05, 4.69) is 55.4 Å².